The first kappa shape index (κ1) is 15.0. The van der Waals surface area contributed by atoms with Crippen LogP contribution in [0.4, 0.5) is 0 Å². The van der Waals surface area contributed by atoms with Gasteiger partial charge in [0.25, 0.3) is 0 Å². The standard InChI is InChI=1S/C17H25NO2/c1-13(2)11-18(15-9-10-15)12-16(17(19)20-3)14-7-5-4-6-8-14/h4-8,13,15-16H,9-12H2,1-3H3. The van der Waals surface area contributed by atoms with E-state index in [0.717, 1.165) is 18.7 Å². The van der Waals surface area contributed by atoms with Crippen molar-refractivity contribution in [1.29, 1.82) is 0 Å². The molecule has 0 saturated heterocycles. The minimum absolute atomic E-state index is 0.134. The van der Waals surface area contributed by atoms with Crippen LogP contribution < -0.4 is 0 Å². The first-order valence-corrected chi connectivity index (χ1v) is 7.48. The van der Waals surface area contributed by atoms with E-state index >= 15 is 0 Å². The molecule has 110 valence electrons. The van der Waals surface area contributed by atoms with Crippen molar-refractivity contribution in [2.45, 2.75) is 38.6 Å². The third-order valence-corrected chi connectivity index (χ3v) is 3.77. The Bertz CT molecular complexity index is 426. The van der Waals surface area contributed by atoms with Gasteiger partial charge in [-0.3, -0.25) is 9.69 Å². The lowest BCUT2D eigenvalue weighted by Crippen LogP contribution is -2.36. The number of carbonyl (C=O) groups excluding carboxylic acids is 1. The van der Waals surface area contributed by atoms with E-state index in [1.807, 2.05) is 30.3 Å². The molecule has 0 aliphatic heterocycles. The van der Waals surface area contributed by atoms with E-state index in [1.54, 1.807) is 0 Å². The highest BCUT2D eigenvalue weighted by molar-refractivity contribution is 5.78. The van der Waals surface area contributed by atoms with Crippen LogP contribution in [0.15, 0.2) is 30.3 Å². The van der Waals surface area contributed by atoms with Gasteiger partial charge in [-0.1, -0.05) is 44.2 Å². The van der Waals surface area contributed by atoms with Crippen molar-refractivity contribution in [3.05, 3.63) is 35.9 Å². The van der Waals surface area contributed by atoms with Crippen molar-refractivity contribution in [3.8, 4) is 0 Å². The summed E-state index contributed by atoms with van der Waals surface area (Å²) in [6.07, 6.45) is 2.52. The highest BCUT2D eigenvalue weighted by Gasteiger charge is 2.33. The van der Waals surface area contributed by atoms with Gasteiger partial charge in [-0.25, -0.2) is 0 Å². The highest BCUT2D eigenvalue weighted by atomic mass is 16.5. The molecule has 0 heterocycles. The van der Waals surface area contributed by atoms with Gasteiger partial charge in [0.1, 0.15) is 0 Å². The molecular formula is C17H25NO2. The lowest BCUT2D eigenvalue weighted by molar-refractivity contribution is -0.143. The van der Waals surface area contributed by atoms with Gasteiger partial charge < -0.3 is 4.74 Å². The van der Waals surface area contributed by atoms with Gasteiger partial charge in [0.2, 0.25) is 0 Å². The highest BCUT2D eigenvalue weighted by Crippen LogP contribution is 2.30. The van der Waals surface area contributed by atoms with Crippen LogP contribution in [0.2, 0.25) is 0 Å². The molecule has 1 aliphatic rings. The van der Waals surface area contributed by atoms with Crippen molar-refractivity contribution in [2.75, 3.05) is 20.2 Å². The third kappa shape index (κ3) is 4.07. The number of hydrogen-bond acceptors (Lipinski definition) is 3. The summed E-state index contributed by atoms with van der Waals surface area (Å²) >= 11 is 0. The molecule has 0 aromatic heterocycles. The molecular weight excluding hydrogens is 250 g/mol. The Morgan fingerprint density at radius 1 is 1.25 bits per heavy atom. The summed E-state index contributed by atoms with van der Waals surface area (Å²) in [7, 11) is 1.47. The molecule has 1 unspecified atom stereocenters. The molecule has 20 heavy (non-hydrogen) atoms. The maximum Gasteiger partial charge on any atom is 0.314 e. The molecule has 1 atom stereocenters. The summed E-state index contributed by atoms with van der Waals surface area (Å²) in [6, 6.07) is 10.6. The summed E-state index contributed by atoms with van der Waals surface area (Å²) in [5.41, 5.74) is 1.05. The van der Waals surface area contributed by atoms with E-state index in [9.17, 15) is 4.79 Å². The first-order chi connectivity index (χ1) is 9.61. The van der Waals surface area contributed by atoms with Gasteiger partial charge in [-0.15, -0.1) is 0 Å². The summed E-state index contributed by atoms with van der Waals surface area (Å²) < 4.78 is 5.01. The molecule has 3 nitrogen and oxygen atoms in total. The van der Waals surface area contributed by atoms with Gasteiger partial charge in [0.05, 0.1) is 13.0 Å². The van der Waals surface area contributed by atoms with Crippen LogP contribution in [-0.2, 0) is 9.53 Å². The number of methoxy groups -OCH3 is 1. The lowest BCUT2D eigenvalue weighted by Gasteiger charge is -2.28. The Balaban J connectivity index is 2.12. The van der Waals surface area contributed by atoms with Crippen molar-refractivity contribution >= 4 is 5.97 Å². The fourth-order valence-electron chi connectivity index (χ4n) is 2.66. The summed E-state index contributed by atoms with van der Waals surface area (Å²) in [6.45, 7) is 6.26. The smallest absolute Gasteiger partial charge is 0.314 e. The molecule has 1 aliphatic carbocycles. The van der Waals surface area contributed by atoms with E-state index < -0.39 is 0 Å². The van der Waals surface area contributed by atoms with Crippen LogP contribution in [0, 0.1) is 5.92 Å². The number of hydrogen-bond donors (Lipinski definition) is 0. The maximum absolute atomic E-state index is 12.1. The Hall–Kier alpha value is -1.35. The second-order valence-electron chi connectivity index (χ2n) is 6.07. The molecule has 0 N–H and O–H groups in total. The Labute approximate surface area is 121 Å². The molecule has 1 aromatic carbocycles. The van der Waals surface area contributed by atoms with Crippen molar-refractivity contribution in [2.24, 2.45) is 5.92 Å². The van der Waals surface area contributed by atoms with Crippen LogP contribution in [0.1, 0.15) is 38.2 Å². The zero-order valence-corrected chi connectivity index (χ0v) is 12.7. The van der Waals surface area contributed by atoms with Crippen LogP contribution in [0.3, 0.4) is 0 Å². The minimum Gasteiger partial charge on any atom is -0.469 e. The fraction of sp³-hybridized carbons (Fsp3) is 0.588. The van der Waals surface area contributed by atoms with Gasteiger partial charge >= 0.3 is 5.97 Å². The fourth-order valence-corrected chi connectivity index (χ4v) is 2.66. The molecule has 3 heteroatoms. The molecule has 0 radical (unpaired) electrons. The number of nitrogens with zero attached hydrogens (tertiary/aromatic N) is 1. The number of rotatable bonds is 7. The Morgan fingerprint density at radius 2 is 1.90 bits per heavy atom. The molecule has 1 aromatic rings. The predicted octanol–water partition coefficient (Wildman–Crippen LogP) is 3.06. The summed E-state index contributed by atoms with van der Waals surface area (Å²) in [4.78, 5) is 14.6. The quantitative estimate of drug-likeness (QED) is 0.716. The average molecular weight is 275 g/mol. The van der Waals surface area contributed by atoms with Crippen molar-refractivity contribution < 1.29 is 9.53 Å². The van der Waals surface area contributed by atoms with E-state index in [-0.39, 0.29) is 11.9 Å². The van der Waals surface area contributed by atoms with Crippen molar-refractivity contribution in [1.82, 2.24) is 4.90 Å². The zero-order chi connectivity index (χ0) is 14.5. The number of ether oxygens (including phenoxy) is 1. The molecule has 0 bridgehead atoms. The van der Waals surface area contributed by atoms with Gasteiger partial charge in [-0.2, -0.15) is 0 Å². The number of carbonyl (C=O) groups is 1. The van der Waals surface area contributed by atoms with E-state index in [0.29, 0.717) is 12.0 Å². The van der Waals surface area contributed by atoms with Crippen LogP contribution in [-0.4, -0.2) is 37.1 Å². The minimum atomic E-state index is -0.180. The van der Waals surface area contributed by atoms with E-state index in [1.165, 1.54) is 20.0 Å². The monoisotopic (exact) mass is 275 g/mol. The Morgan fingerprint density at radius 3 is 2.40 bits per heavy atom. The third-order valence-electron chi connectivity index (χ3n) is 3.77. The average Bonchev–Trinajstić information content (AvgIpc) is 3.27. The summed E-state index contributed by atoms with van der Waals surface area (Å²) in [5, 5.41) is 0. The topological polar surface area (TPSA) is 29.5 Å². The largest absolute Gasteiger partial charge is 0.469 e. The molecule has 0 spiro atoms. The van der Waals surface area contributed by atoms with Crippen LogP contribution in [0.25, 0.3) is 0 Å². The van der Waals surface area contributed by atoms with Gasteiger partial charge in [0, 0.05) is 19.1 Å². The van der Waals surface area contributed by atoms with Crippen molar-refractivity contribution in [3.63, 3.8) is 0 Å². The lowest BCUT2D eigenvalue weighted by atomic mass is 9.98. The van der Waals surface area contributed by atoms with Crippen LogP contribution >= 0.6 is 0 Å². The summed E-state index contributed by atoms with van der Waals surface area (Å²) in [5.74, 6) is 0.302. The van der Waals surface area contributed by atoms with Gasteiger partial charge in [-0.05, 0) is 24.3 Å². The van der Waals surface area contributed by atoms with E-state index in [4.69, 9.17) is 4.74 Å². The maximum atomic E-state index is 12.1. The zero-order valence-electron chi connectivity index (χ0n) is 12.7. The number of esters is 1. The number of benzene rings is 1. The molecule has 2 rings (SSSR count). The van der Waals surface area contributed by atoms with Gasteiger partial charge in [0.15, 0.2) is 0 Å². The Kier molecular flexibility index (Phi) is 5.18. The molecule has 1 saturated carbocycles. The molecule has 0 amide bonds. The second kappa shape index (κ2) is 6.89. The van der Waals surface area contributed by atoms with Crippen LogP contribution in [0.5, 0.6) is 0 Å². The predicted molar refractivity (Wildman–Crippen MR) is 80.6 cm³/mol. The molecule has 1 fully saturated rings. The van der Waals surface area contributed by atoms with E-state index in [2.05, 4.69) is 18.7 Å². The second-order valence-corrected chi connectivity index (χ2v) is 6.07. The first-order valence-electron chi connectivity index (χ1n) is 7.48. The SMILES string of the molecule is COC(=O)C(CN(CC(C)C)C1CC1)c1ccccc1. The normalized spacial score (nSPS) is 16.4.